The second-order valence-electron chi connectivity index (χ2n) is 5.25. The molecular formula is C18H17ClN2O2S. The van der Waals surface area contributed by atoms with Gasteiger partial charge in [-0.3, -0.25) is 4.79 Å². The Morgan fingerprint density at radius 3 is 2.79 bits per heavy atom. The summed E-state index contributed by atoms with van der Waals surface area (Å²) in [6.07, 6.45) is 1.70. The average molecular weight is 361 g/mol. The molecule has 1 aromatic heterocycles. The van der Waals surface area contributed by atoms with Crippen LogP contribution in [-0.4, -0.2) is 24.0 Å². The summed E-state index contributed by atoms with van der Waals surface area (Å²) in [5.41, 5.74) is 1.04. The van der Waals surface area contributed by atoms with Crippen LogP contribution in [0.25, 0.3) is 10.2 Å². The minimum absolute atomic E-state index is 0.0368. The standard InChI is InChI=1S/C18H17ClN2O2S/c19-13-6-1-3-8-15(13)23-12-17(22)20-11-5-10-18-21-14-7-2-4-9-16(14)24-18/h1-4,6-9H,5,10-12H2,(H,20,22). The molecule has 3 aromatic rings. The molecule has 0 saturated heterocycles. The van der Waals surface area contributed by atoms with E-state index in [1.807, 2.05) is 30.3 Å². The summed E-state index contributed by atoms with van der Waals surface area (Å²) in [6.45, 7) is 0.561. The number of nitrogens with one attached hydrogen (secondary N) is 1. The zero-order valence-corrected chi connectivity index (χ0v) is 14.6. The average Bonchev–Trinajstić information content (AvgIpc) is 3.01. The first-order valence-corrected chi connectivity index (χ1v) is 8.90. The number of halogens is 1. The van der Waals surface area contributed by atoms with E-state index >= 15 is 0 Å². The summed E-state index contributed by atoms with van der Waals surface area (Å²) in [5, 5.41) is 4.44. The van der Waals surface area contributed by atoms with Crippen molar-refractivity contribution in [2.45, 2.75) is 12.8 Å². The van der Waals surface area contributed by atoms with Crippen molar-refractivity contribution in [1.82, 2.24) is 10.3 Å². The molecule has 6 heteroatoms. The summed E-state index contributed by atoms with van der Waals surface area (Å²) in [4.78, 5) is 16.4. The number of benzene rings is 2. The van der Waals surface area contributed by atoms with Crippen LogP contribution >= 0.6 is 22.9 Å². The Morgan fingerprint density at radius 1 is 1.17 bits per heavy atom. The van der Waals surface area contributed by atoms with Gasteiger partial charge in [0, 0.05) is 13.0 Å². The van der Waals surface area contributed by atoms with Gasteiger partial charge in [0.05, 0.1) is 20.2 Å². The molecule has 2 aromatic carbocycles. The zero-order chi connectivity index (χ0) is 16.8. The fourth-order valence-corrected chi connectivity index (χ4v) is 3.45. The van der Waals surface area contributed by atoms with E-state index < -0.39 is 0 Å². The van der Waals surface area contributed by atoms with Crippen LogP contribution in [-0.2, 0) is 11.2 Å². The van der Waals surface area contributed by atoms with Crippen molar-refractivity contribution in [3.63, 3.8) is 0 Å². The first-order valence-electron chi connectivity index (χ1n) is 7.71. The van der Waals surface area contributed by atoms with E-state index in [4.69, 9.17) is 16.3 Å². The largest absolute Gasteiger partial charge is 0.482 e. The Hall–Kier alpha value is -2.11. The fourth-order valence-electron chi connectivity index (χ4n) is 2.25. The van der Waals surface area contributed by atoms with Gasteiger partial charge in [-0.25, -0.2) is 4.98 Å². The third kappa shape index (κ3) is 4.46. The van der Waals surface area contributed by atoms with Crippen molar-refractivity contribution in [2.24, 2.45) is 0 Å². The van der Waals surface area contributed by atoms with Crippen LogP contribution in [0.2, 0.25) is 5.02 Å². The van der Waals surface area contributed by atoms with Crippen molar-refractivity contribution < 1.29 is 9.53 Å². The molecule has 0 unspecified atom stereocenters. The lowest BCUT2D eigenvalue weighted by Gasteiger charge is -2.08. The number of nitrogens with zero attached hydrogens (tertiary/aromatic N) is 1. The fraction of sp³-hybridized carbons (Fsp3) is 0.222. The lowest BCUT2D eigenvalue weighted by Crippen LogP contribution is -2.29. The van der Waals surface area contributed by atoms with Crippen molar-refractivity contribution in [2.75, 3.05) is 13.2 Å². The molecule has 1 N–H and O–H groups in total. The molecule has 3 rings (SSSR count). The monoisotopic (exact) mass is 360 g/mol. The van der Waals surface area contributed by atoms with E-state index in [1.165, 1.54) is 4.70 Å². The molecule has 0 fully saturated rings. The molecule has 124 valence electrons. The first-order chi connectivity index (χ1) is 11.7. The number of amides is 1. The normalized spacial score (nSPS) is 10.7. The molecular weight excluding hydrogens is 344 g/mol. The van der Waals surface area contributed by atoms with Crippen molar-refractivity contribution in [1.29, 1.82) is 0 Å². The van der Waals surface area contributed by atoms with E-state index in [0.717, 1.165) is 23.4 Å². The maximum Gasteiger partial charge on any atom is 0.257 e. The Kier molecular flexibility index (Phi) is 5.67. The number of para-hydroxylation sites is 2. The smallest absolute Gasteiger partial charge is 0.257 e. The van der Waals surface area contributed by atoms with E-state index in [-0.39, 0.29) is 12.5 Å². The molecule has 1 amide bonds. The van der Waals surface area contributed by atoms with Crippen molar-refractivity contribution in [3.05, 3.63) is 58.6 Å². The SMILES string of the molecule is O=C(COc1ccccc1Cl)NCCCc1nc2ccccc2s1. The molecule has 0 radical (unpaired) electrons. The summed E-state index contributed by atoms with van der Waals surface area (Å²) in [6, 6.07) is 15.2. The summed E-state index contributed by atoms with van der Waals surface area (Å²) in [7, 11) is 0. The number of carbonyl (C=O) groups is 1. The van der Waals surface area contributed by atoms with Crippen LogP contribution in [0.5, 0.6) is 5.75 Å². The number of aromatic nitrogens is 1. The summed E-state index contributed by atoms with van der Waals surface area (Å²) >= 11 is 7.68. The molecule has 0 saturated carbocycles. The van der Waals surface area contributed by atoms with Crippen molar-refractivity contribution >= 4 is 39.1 Å². The molecule has 24 heavy (non-hydrogen) atoms. The number of rotatable bonds is 7. The van der Waals surface area contributed by atoms with Gasteiger partial charge in [-0.05, 0) is 30.7 Å². The topological polar surface area (TPSA) is 51.2 Å². The number of aryl methyl sites for hydroxylation is 1. The molecule has 4 nitrogen and oxygen atoms in total. The van der Waals surface area contributed by atoms with Gasteiger partial charge in [0.2, 0.25) is 0 Å². The van der Waals surface area contributed by atoms with Gasteiger partial charge in [0.1, 0.15) is 5.75 Å². The van der Waals surface area contributed by atoms with E-state index in [9.17, 15) is 4.79 Å². The van der Waals surface area contributed by atoms with Crippen LogP contribution in [0.15, 0.2) is 48.5 Å². The highest BCUT2D eigenvalue weighted by atomic mass is 35.5. The van der Waals surface area contributed by atoms with Crippen LogP contribution in [0.1, 0.15) is 11.4 Å². The van der Waals surface area contributed by atoms with Gasteiger partial charge in [-0.15, -0.1) is 11.3 Å². The predicted octanol–water partition coefficient (Wildman–Crippen LogP) is 4.08. The lowest BCUT2D eigenvalue weighted by atomic mass is 10.3. The minimum atomic E-state index is -0.154. The highest BCUT2D eigenvalue weighted by molar-refractivity contribution is 7.18. The number of thiazole rings is 1. The second kappa shape index (κ2) is 8.13. The van der Waals surface area contributed by atoms with Crippen LogP contribution < -0.4 is 10.1 Å². The number of ether oxygens (including phenoxy) is 1. The van der Waals surface area contributed by atoms with Crippen LogP contribution in [0.3, 0.4) is 0 Å². The van der Waals surface area contributed by atoms with Gasteiger partial charge in [0.25, 0.3) is 5.91 Å². The van der Waals surface area contributed by atoms with Gasteiger partial charge in [0.15, 0.2) is 6.61 Å². The second-order valence-corrected chi connectivity index (χ2v) is 6.77. The van der Waals surface area contributed by atoms with Gasteiger partial charge >= 0.3 is 0 Å². The maximum atomic E-state index is 11.8. The summed E-state index contributed by atoms with van der Waals surface area (Å²) in [5.74, 6) is 0.364. The number of hydrogen-bond donors (Lipinski definition) is 1. The predicted molar refractivity (Wildman–Crippen MR) is 97.9 cm³/mol. The Morgan fingerprint density at radius 2 is 1.96 bits per heavy atom. The number of fused-ring (bicyclic) bond motifs is 1. The van der Waals surface area contributed by atoms with Crippen LogP contribution in [0.4, 0.5) is 0 Å². The molecule has 0 aliphatic carbocycles. The molecule has 0 atom stereocenters. The molecule has 0 aliphatic heterocycles. The lowest BCUT2D eigenvalue weighted by molar-refractivity contribution is -0.123. The molecule has 0 bridgehead atoms. The maximum absolute atomic E-state index is 11.8. The van der Waals surface area contributed by atoms with Gasteiger partial charge < -0.3 is 10.1 Å². The third-order valence-corrected chi connectivity index (χ3v) is 4.83. The Balaban J connectivity index is 1.38. The van der Waals surface area contributed by atoms with Crippen LogP contribution in [0, 0.1) is 0 Å². The quantitative estimate of drug-likeness (QED) is 0.646. The number of hydrogen-bond acceptors (Lipinski definition) is 4. The molecule has 0 spiro atoms. The zero-order valence-electron chi connectivity index (χ0n) is 13.0. The third-order valence-electron chi connectivity index (χ3n) is 3.42. The molecule has 1 heterocycles. The van der Waals surface area contributed by atoms with E-state index in [1.54, 1.807) is 23.5 Å². The van der Waals surface area contributed by atoms with E-state index in [0.29, 0.717) is 17.3 Å². The van der Waals surface area contributed by atoms with Gasteiger partial charge in [-0.2, -0.15) is 0 Å². The van der Waals surface area contributed by atoms with Crippen molar-refractivity contribution in [3.8, 4) is 5.75 Å². The van der Waals surface area contributed by atoms with E-state index in [2.05, 4.69) is 16.4 Å². The minimum Gasteiger partial charge on any atom is -0.482 e. The molecule has 0 aliphatic rings. The first kappa shape index (κ1) is 16.7. The highest BCUT2D eigenvalue weighted by Crippen LogP contribution is 2.23. The Bertz CT molecular complexity index is 802. The number of carbonyl (C=O) groups excluding carboxylic acids is 1. The Labute approximate surface area is 149 Å². The highest BCUT2D eigenvalue weighted by Gasteiger charge is 2.06. The van der Waals surface area contributed by atoms with Gasteiger partial charge in [-0.1, -0.05) is 35.9 Å². The summed E-state index contributed by atoms with van der Waals surface area (Å²) < 4.78 is 6.60.